The summed E-state index contributed by atoms with van der Waals surface area (Å²) in [6, 6.07) is 6.09. The van der Waals surface area contributed by atoms with Gasteiger partial charge in [-0.25, -0.2) is 9.78 Å². The van der Waals surface area contributed by atoms with Crippen LogP contribution in [0.15, 0.2) is 24.4 Å². The molecule has 2 aromatic rings. The summed E-state index contributed by atoms with van der Waals surface area (Å²) in [6.07, 6.45) is 7.89. The highest BCUT2D eigenvalue weighted by atomic mass is 16.5. The molecule has 1 aliphatic heterocycles. The summed E-state index contributed by atoms with van der Waals surface area (Å²) in [5.41, 5.74) is 2.79. The molecule has 1 saturated heterocycles. The van der Waals surface area contributed by atoms with Crippen molar-refractivity contribution in [3.05, 3.63) is 47.3 Å². The number of carbonyl (C=O) groups is 1. The Kier molecular flexibility index (Phi) is 6.50. The van der Waals surface area contributed by atoms with E-state index in [1.807, 2.05) is 26.0 Å². The Labute approximate surface area is 206 Å². The zero-order valence-corrected chi connectivity index (χ0v) is 21.2. The normalized spacial score (nSPS) is 25.4. The number of carboxylic acids is 1. The number of aliphatic carboxylic acids is 1. The molecule has 3 heterocycles. The molecule has 0 saturated carbocycles. The molecule has 0 spiro atoms. The Balaban J connectivity index is 1.67. The Morgan fingerprint density at radius 3 is 2.69 bits per heavy atom. The molecule has 1 aliphatic carbocycles. The molecule has 35 heavy (non-hydrogen) atoms. The van der Waals surface area contributed by atoms with E-state index < -0.39 is 17.2 Å². The number of nitrogens with zero attached hydrogens (tertiary/aromatic N) is 3. The standard InChI is InChI=1S/C27H35N5O3/c1-25(2)10-8-17(9-11-25)23-21(29-16-22-30-15-19(14-28)31-22)7-6-20(32-23)18-12-26(3,4)35-27(5,13-18)24(33)34/h6-8,15,18,29H,9-13,16H2,1-5H3,(H,30,31)(H,33,34). The third-order valence-electron chi connectivity index (χ3n) is 7.13. The summed E-state index contributed by atoms with van der Waals surface area (Å²) in [4.78, 5) is 24.4. The van der Waals surface area contributed by atoms with Crippen LogP contribution in [0.5, 0.6) is 0 Å². The molecule has 3 N–H and O–H groups in total. The van der Waals surface area contributed by atoms with E-state index in [0.29, 0.717) is 30.9 Å². The van der Waals surface area contributed by atoms with Crippen LogP contribution in [0.25, 0.3) is 5.57 Å². The molecule has 2 aliphatic rings. The minimum absolute atomic E-state index is 0.0310. The van der Waals surface area contributed by atoms with Gasteiger partial charge in [-0.15, -0.1) is 0 Å². The number of allylic oxidation sites excluding steroid dienone is 2. The van der Waals surface area contributed by atoms with Crippen LogP contribution in [0, 0.1) is 16.7 Å². The fourth-order valence-electron chi connectivity index (χ4n) is 5.24. The number of aromatic nitrogens is 3. The van der Waals surface area contributed by atoms with Gasteiger partial charge in [-0.05, 0) is 76.0 Å². The van der Waals surface area contributed by atoms with Crippen molar-refractivity contribution in [2.45, 2.75) is 90.4 Å². The first-order valence-electron chi connectivity index (χ1n) is 12.2. The van der Waals surface area contributed by atoms with Crippen molar-refractivity contribution >= 4 is 17.2 Å². The van der Waals surface area contributed by atoms with E-state index in [-0.39, 0.29) is 11.3 Å². The lowest BCUT2D eigenvalue weighted by Gasteiger charge is -2.44. The number of nitriles is 1. The lowest BCUT2D eigenvalue weighted by molar-refractivity contribution is -0.200. The lowest BCUT2D eigenvalue weighted by atomic mass is 9.77. The van der Waals surface area contributed by atoms with Gasteiger partial charge in [0.05, 0.1) is 29.7 Å². The van der Waals surface area contributed by atoms with E-state index >= 15 is 0 Å². The number of hydrogen-bond donors (Lipinski definition) is 3. The third kappa shape index (κ3) is 5.57. The Morgan fingerprint density at radius 2 is 2.06 bits per heavy atom. The summed E-state index contributed by atoms with van der Waals surface area (Å²) in [5.74, 6) is -0.295. The molecule has 2 atom stereocenters. The van der Waals surface area contributed by atoms with Crippen LogP contribution in [-0.4, -0.2) is 37.2 Å². The zero-order valence-electron chi connectivity index (χ0n) is 21.2. The van der Waals surface area contributed by atoms with E-state index in [2.05, 4.69) is 41.3 Å². The van der Waals surface area contributed by atoms with Crippen LogP contribution in [0.4, 0.5) is 5.69 Å². The number of nitrogens with one attached hydrogen (secondary N) is 2. The predicted molar refractivity (Wildman–Crippen MR) is 134 cm³/mol. The van der Waals surface area contributed by atoms with Gasteiger partial charge < -0.3 is 20.1 Å². The molecule has 0 bridgehead atoms. The largest absolute Gasteiger partial charge is 0.479 e. The first kappa shape index (κ1) is 24.9. The Morgan fingerprint density at radius 1 is 1.29 bits per heavy atom. The Hall–Kier alpha value is -3.18. The highest BCUT2D eigenvalue weighted by molar-refractivity contribution is 5.77. The molecule has 2 unspecified atom stereocenters. The number of aromatic amines is 1. The van der Waals surface area contributed by atoms with Crippen LogP contribution < -0.4 is 5.32 Å². The number of pyridine rings is 1. The summed E-state index contributed by atoms with van der Waals surface area (Å²) in [6.45, 7) is 10.6. The fraction of sp³-hybridized carbons (Fsp3) is 0.556. The minimum atomic E-state index is -1.25. The van der Waals surface area contributed by atoms with Crippen molar-refractivity contribution in [1.29, 1.82) is 5.26 Å². The summed E-state index contributed by atoms with van der Waals surface area (Å²) in [5, 5.41) is 22.3. The molecule has 0 radical (unpaired) electrons. The van der Waals surface area contributed by atoms with Gasteiger partial charge in [0, 0.05) is 11.6 Å². The van der Waals surface area contributed by atoms with Gasteiger partial charge >= 0.3 is 5.97 Å². The van der Waals surface area contributed by atoms with Crippen molar-refractivity contribution in [3.8, 4) is 6.07 Å². The number of ether oxygens (including phenoxy) is 1. The molecule has 2 aromatic heterocycles. The van der Waals surface area contributed by atoms with Crippen molar-refractivity contribution in [2.75, 3.05) is 5.32 Å². The maximum Gasteiger partial charge on any atom is 0.335 e. The zero-order chi connectivity index (χ0) is 25.4. The van der Waals surface area contributed by atoms with Gasteiger partial charge in [0.2, 0.25) is 0 Å². The highest BCUT2D eigenvalue weighted by Crippen LogP contribution is 2.45. The van der Waals surface area contributed by atoms with Crippen LogP contribution >= 0.6 is 0 Å². The van der Waals surface area contributed by atoms with Crippen LogP contribution in [-0.2, 0) is 16.1 Å². The second-order valence-corrected chi connectivity index (χ2v) is 11.4. The number of anilines is 1. The molecule has 186 valence electrons. The molecule has 8 nitrogen and oxygen atoms in total. The van der Waals surface area contributed by atoms with Crippen molar-refractivity contribution in [2.24, 2.45) is 5.41 Å². The molecule has 8 heteroatoms. The predicted octanol–water partition coefficient (Wildman–Crippen LogP) is 5.40. The SMILES string of the molecule is CC1(C)CC=C(c2nc(C3CC(C)(C)OC(C)(C(=O)O)C3)ccc2NCc2ncc(C#N)[nH]2)CC1. The van der Waals surface area contributed by atoms with E-state index in [1.54, 1.807) is 6.92 Å². The minimum Gasteiger partial charge on any atom is -0.479 e. The first-order valence-corrected chi connectivity index (χ1v) is 12.2. The summed E-state index contributed by atoms with van der Waals surface area (Å²) in [7, 11) is 0. The maximum absolute atomic E-state index is 12.0. The maximum atomic E-state index is 12.0. The lowest BCUT2D eigenvalue weighted by Crippen LogP contribution is -2.51. The summed E-state index contributed by atoms with van der Waals surface area (Å²) >= 11 is 0. The van der Waals surface area contributed by atoms with Gasteiger partial charge in [-0.2, -0.15) is 5.26 Å². The number of H-pyrrole nitrogens is 1. The second-order valence-electron chi connectivity index (χ2n) is 11.4. The van der Waals surface area contributed by atoms with Crippen molar-refractivity contribution in [1.82, 2.24) is 15.0 Å². The van der Waals surface area contributed by atoms with Gasteiger partial charge in [0.1, 0.15) is 17.6 Å². The van der Waals surface area contributed by atoms with E-state index in [1.165, 1.54) is 11.8 Å². The Bertz CT molecular complexity index is 1190. The monoisotopic (exact) mass is 477 g/mol. The van der Waals surface area contributed by atoms with E-state index in [4.69, 9.17) is 15.0 Å². The first-order chi connectivity index (χ1) is 16.4. The quantitative estimate of drug-likeness (QED) is 0.509. The fourth-order valence-corrected chi connectivity index (χ4v) is 5.24. The van der Waals surface area contributed by atoms with Crippen LogP contribution in [0.3, 0.4) is 0 Å². The van der Waals surface area contributed by atoms with Crippen LogP contribution in [0.2, 0.25) is 0 Å². The number of imidazole rings is 1. The molecule has 4 rings (SSSR count). The average Bonchev–Trinajstić information content (AvgIpc) is 3.24. The smallest absolute Gasteiger partial charge is 0.335 e. The highest BCUT2D eigenvalue weighted by Gasteiger charge is 2.47. The van der Waals surface area contributed by atoms with Crippen molar-refractivity contribution in [3.63, 3.8) is 0 Å². The van der Waals surface area contributed by atoms with Crippen LogP contribution in [0.1, 0.15) is 95.5 Å². The topological polar surface area (TPSA) is 124 Å². The van der Waals surface area contributed by atoms with E-state index in [9.17, 15) is 9.90 Å². The van der Waals surface area contributed by atoms with Gasteiger partial charge in [-0.1, -0.05) is 19.9 Å². The third-order valence-corrected chi connectivity index (χ3v) is 7.13. The molecule has 1 fully saturated rings. The van der Waals surface area contributed by atoms with Gasteiger partial charge in [-0.3, -0.25) is 4.98 Å². The van der Waals surface area contributed by atoms with Gasteiger partial charge in [0.15, 0.2) is 5.60 Å². The molecule has 0 amide bonds. The number of carboxylic acid groups (broad SMARTS) is 1. The molecule has 0 aromatic carbocycles. The van der Waals surface area contributed by atoms with E-state index in [0.717, 1.165) is 36.3 Å². The number of hydrogen-bond acceptors (Lipinski definition) is 6. The van der Waals surface area contributed by atoms with Gasteiger partial charge in [0.25, 0.3) is 0 Å². The van der Waals surface area contributed by atoms with Crippen molar-refractivity contribution < 1.29 is 14.6 Å². The summed E-state index contributed by atoms with van der Waals surface area (Å²) < 4.78 is 5.98. The average molecular weight is 478 g/mol. The molecular formula is C27H35N5O3. The number of rotatable bonds is 6. The molecular weight excluding hydrogens is 442 g/mol. The second kappa shape index (κ2) is 9.12.